The maximum atomic E-state index is 14.7. The van der Waals surface area contributed by atoms with Crippen molar-refractivity contribution in [2.75, 3.05) is 30.3 Å². The van der Waals surface area contributed by atoms with Gasteiger partial charge in [0.2, 0.25) is 11.8 Å². The highest BCUT2D eigenvalue weighted by Gasteiger charge is 2.35. The van der Waals surface area contributed by atoms with Crippen molar-refractivity contribution in [3.63, 3.8) is 0 Å². The molecule has 0 aliphatic carbocycles. The first-order valence-corrected chi connectivity index (χ1v) is 18.7. The van der Waals surface area contributed by atoms with Gasteiger partial charge >= 0.3 is 0 Å². The molecule has 0 spiro atoms. The van der Waals surface area contributed by atoms with E-state index in [0.29, 0.717) is 24.6 Å². The van der Waals surface area contributed by atoms with Crippen molar-refractivity contribution in [1.29, 1.82) is 0 Å². The van der Waals surface area contributed by atoms with Gasteiger partial charge in [-0.15, -0.1) is 11.8 Å². The lowest BCUT2D eigenvalue weighted by atomic mass is 10.0. The van der Waals surface area contributed by atoms with Crippen molar-refractivity contribution in [3.05, 3.63) is 120 Å². The van der Waals surface area contributed by atoms with E-state index in [9.17, 15) is 18.0 Å². The van der Waals surface area contributed by atoms with Gasteiger partial charge in [-0.1, -0.05) is 68.4 Å². The predicted molar refractivity (Wildman–Crippen MR) is 194 cm³/mol. The van der Waals surface area contributed by atoms with Gasteiger partial charge in [-0.05, 0) is 91.2 Å². The van der Waals surface area contributed by atoms with Gasteiger partial charge in [0.25, 0.3) is 10.0 Å². The summed E-state index contributed by atoms with van der Waals surface area (Å²) in [5.74, 6) is -0.0143. The second-order valence-electron chi connectivity index (χ2n) is 11.9. The maximum absolute atomic E-state index is 14.7. The molecule has 0 fully saturated rings. The fourth-order valence-electron chi connectivity index (χ4n) is 5.23. The summed E-state index contributed by atoms with van der Waals surface area (Å²) in [5.41, 5.74) is 3.01. The van der Waals surface area contributed by atoms with Gasteiger partial charge in [0, 0.05) is 24.4 Å². The normalized spacial score (nSPS) is 12.0. The van der Waals surface area contributed by atoms with Gasteiger partial charge in [-0.2, -0.15) is 0 Å². The molecule has 4 rings (SSSR count). The van der Waals surface area contributed by atoms with Crippen molar-refractivity contribution in [3.8, 4) is 5.75 Å². The van der Waals surface area contributed by atoms with Crippen molar-refractivity contribution in [2.24, 2.45) is 5.92 Å². The van der Waals surface area contributed by atoms with Gasteiger partial charge in [-0.3, -0.25) is 13.9 Å². The van der Waals surface area contributed by atoms with E-state index in [-0.39, 0.29) is 29.7 Å². The minimum atomic E-state index is -4.20. The Kier molecular flexibility index (Phi) is 13.1. The second-order valence-corrected chi connectivity index (χ2v) is 14.6. The number of aryl methyl sites for hydroxylation is 1. The highest BCUT2D eigenvalue weighted by molar-refractivity contribution is 7.98. The van der Waals surface area contributed by atoms with Gasteiger partial charge in [-0.25, -0.2) is 8.42 Å². The molecular formula is C38H45N3O5S2. The topological polar surface area (TPSA) is 96.0 Å². The van der Waals surface area contributed by atoms with Gasteiger partial charge in [0.05, 0.1) is 17.2 Å². The molecule has 4 aromatic rings. The molecule has 0 saturated carbocycles. The molecule has 0 unspecified atom stereocenters. The summed E-state index contributed by atoms with van der Waals surface area (Å²) in [6.45, 7) is 8.34. The number of nitrogens with zero attached hydrogens (tertiary/aromatic N) is 2. The lowest BCUT2D eigenvalue weighted by Gasteiger charge is -2.34. The van der Waals surface area contributed by atoms with Crippen LogP contribution in [-0.4, -0.2) is 57.1 Å². The zero-order valence-electron chi connectivity index (χ0n) is 28.3. The Labute approximate surface area is 289 Å². The molecule has 0 radical (unpaired) electrons. The van der Waals surface area contributed by atoms with Crippen LogP contribution in [0, 0.1) is 12.8 Å². The van der Waals surface area contributed by atoms with Crippen LogP contribution in [0.1, 0.15) is 37.5 Å². The third-order valence-corrected chi connectivity index (χ3v) is 10.5. The van der Waals surface area contributed by atoms with Crippen LogP contribution in [0.4, 0.5) is 5.69 Å². The first kappa shape index (κ1) is 36.6. The molecule has 0 aliphatic rings. The summed E-state index contributed by atoms with van der Waals surface area (Å²) >= 11 is 1.51. The van der Waals surface area contributed by atoms with E-state index >= 15 is 0 Å². The van der Waals surface area contributed by atoms with Crippen LogP contribution in [0.25, 0.3) is 0 Å². The summed E-state index contributed by atoms with van der Waals surface area (Å²) in [6.07, 6.45) is 2.18. The van der Waals surface area contributed by atoms with Crippen LogP contribution in [0.2, 0.25) is 0 Å². The first-order chi connectivity index (χ1) is 23.0. The second kappa shape index (κ2) is 17.2. The maximum Gasteiger partial charge on any atom is 0.264 e. The fourth-order valence-corrected chi connectivity index (χ4v) is 7.05. The Bertz CT molecular complexity index is 1750. The Morgan fingerprint density at radius 3 is 2.12 bits per heavy atom. The molecule has 8 nitrogen and oxygen atoms in total. The minimum absolute atomic E-state index is 0.0583. The monoisotopic (exact) mass is 687 g/mol. The third kappa shape index (κ3) is 9.64. The van der Waals surface area contributed by atoms with Crippen LogP contribution in [0.3, 0.4) is 0 Å². The lowest BCUT2D eigenvalue weighted by molar-refractivity contribution is -0.140. The number of rotatable bonds is 16. The first-order valence-electron chi connectivity index (χ1n) is 16.1. The van der Waals surface area contributed by atoms with E-state index < -0.39 is 28.5 Å². The number of hydrogen-bond donors (Lipinski definition) is 1. The number of anilines is 1. The van der Waals surface area contributed by atoms with E-state index in [2.05, 4.69) is 5.32 Å². The Morgan fingerprint density at radius 2 is 1.52 bits per heavy atom. The number of carbonyl (C=O) groups is 2. The van der Waals surface area contributed by atoms with Crippen molar-refractivity contribution in [2.45, 2.75) is 56.5 Å². The largest absolute Gasteiger partial charge is 0.494 e. The summed E-state index contributed by atoms with van der Waals surface area (Å²) in [5, 5.41) is 3.03. The number of thioether (sulfide) groups is 1. The van der Waals surface area contributed by atoms with Crippen LogP contribution in [0.15, 0.2) is 113 Å². The molecule has 1 N–H and O–H groups in total. The number of amides is 2. The SMILES string of the molecule is CCOc1ccc(N(CC(=O)N(Cc2ccccc2C)[C@H](Cc2ccccc2)C(=O)NCC(C)C)S(=O)(=O)c2ccc(SC)cc2)cc1. The summed E-state index contributed by atoms with van der Waals surface area (Å²) < 4.78 is 35.4. The van der Waals surface area contributed by atoms with E-state index in [0.717, 1.165) is 25.9 Å². The minimum Gasteiger partial charge on any atom is -0.494 e. The highest BCUT2D eigenvalue weighted by atomic mass is 32.2. The van der Waals surface area contributed by atoms with Gasteiger partial charge < -0.3 is 15.0 Å². The van der Waals surface area contributed by atoms with Crippen LogP contribution in [0.5, 0.6) is 5.75 Å². The quantitative estimate of drug-likeness (QED) is 0.131. The fraction of sp³-hybridized carbons (Fsp3) is 0.316. The van der Waals surface area contributed by atoms with Gasteiger partial charge in [0.1, 0.15) is 18.3 Å². The van der Waals surface area contributed by atoms with Gasteiger partial charge in [0.15, 0.2) is 0 Å². The molecule has 1 atom stereocenters. The van der Waals surface area contributed by atoms with Crippen molar-refractivity contribution < 1.29 is 22.7 Å². The molecule has 10 heteroatoms. The zero-order valence-corrected chi connectivity index (χ0v) is 29.9. The highest BCUT2D eigenvalue weighted by Crippen LogP contribution is 2.28. The molecule has 0 heterocycles. The average molecular weight is 688 g/mol. The molecule has 0 saturated heterocycles. The van der Waals surface area contributed by atoms with E-state index in [4.69, 9.17) is 4.74 Å². The summed E-state index contributed by atoms with van der Waals surface area (Å²) in [4.78, 5) is 31.1. The Balaban J connectivity index is 1.81. The summed E-state index contributed by atoms with van der Waals surface area (Å²) in [7, 11) is -4.20. The zero-order chi connectivity index (χ0) is 34.7. The standard InChI is InChI=1S/C38H45N3O5S2/c1-6-46-33-18-16-32(17-19-33)41(48(44,45)35-22-20-34(47-5)21-23-35)27-37(42)40(26-31-15-11-10-12-29(31)4)36(38(43)39-25-28(2)3)24-30-13-8-7-9-14-30/h7-23,28,36H,6,24-27H2,1-5H3,(H,39,43)/t36-/m1/s1. The Morgan fingerprint density at radius 1 is 0.875 bits per heavy atom. The summed E-state index contributed by atoms with van der Waals surface area (Å²) in [6, 6.07) is 29.6. The molecule has 2 amide bonds. The average Bonchev–Trinajstić information content (AvgIpc) is 3.09. The number of sulfonamides is 1. The number of nitrogens with one attached hydrogen (secondary N) is 1. The molecule has 0 bridgehead atoms. The van der Waals surface area contributed by atoms with E-state index in [1.165, 1.54) is 16.7 Å². The molecule has 48 heavy (non-hydrogen) atoms. The van der Waals surface area contributed by atoms with Crippen molar-refractivity contribution >= 4 is 39.3 Å². The number of ether oxygens (including phenoxy) is 1. The number of hydrogen-bond acceptors (Lipinski definition) is 6. The Hall–Kier alpha value is -4.28. The predicted octanol–water partition coefficient (Wildman–Crippen LogP) is 6.72. The van der Waals surface area contributed by atoms with E-state index in [1.54, 1.807) is 48.5 Å². The molecule has 254 valence electrons. The molecule has 0 aliphatic heterocycles. The van der Waals surface area contributed by atoms with Crippen molar-refractivity contribution in [1.82, 2.24) is 10.2 Å². The third-order valence-electron chi connectivity index (χ3n) is 7.92. The number of benzene rings is 4. The molecule has 4 aromatic carbocycles. The van der Waals surface area contributed by atoms with Crippen LogP contribution >= 0.6 is 11.8 Å². The number of carbonyl (C=O) groups excluding carboxylic acids is 2. The molecular weight excluding hydrogens is 643 g/mol. The smallest absolute Gasteiger partial charge is 0.264 e. The van der Waals surface area contributed by atoms with Crippen LogP contribution in [-0.2, 0) is 32.6 Å². The van der Waals surface area contributed by atoms with Crippen LogP contribution < -0.4 is 14.4 Å². The van der Waals surface area contributed by atoms with E-state index in [1.807, 2.05) is 88.5 Å². The lowest BCUT2D eigenvalue weighted by Crippen LogP contribution is -2.53. The molecule has 0 aromatic heterocycles.